The average Bonchev–Trinajstić information content (AvgIpc) is 2.37. The van der Waals surface area contributed by atoms with E-state index in [9.17, 15) is 0 Å². The highest BCUT2D eigenvalue weighted by Gasteiger charge is 2.30. The van der Waals surface area contributed by atoms with Crippen LogP contribution in [0.5, 0.6) is 0 Å². The first-order valence-corrected chi connectivity index (χ1v) is 7.82. The Morgan fingerprint density at radius 2 is 1.72 bits per heavy atom. The van der Waals surface area contributed by atoms with Crippen molar-refractivity contribution in [1.29, 1.82) is 0 Å². The van der Waals surface area contributed by atoms with E-state index in [0.29, 0.717) is 0 Å². The molecule has 0 aromatic heterocycles. The van der Waals surface area contributed by atoms with Gasteiger partial charge in [0.15, 0.2) is 0 Å². The molecule has 1 aliphatic heterocycles. The molecule has 1 aliphatic carbocycles. The lowest BCUT2D eigenvalue weighted by molar-refractivity contribution is 0.0795. The van der Waals surface area contributed by atoms with Gasteiger partial charge in [-0.1, -0.05) is 20.3 Å². The first kappa shape index (κ1) is 14.3. The van der Waals surface area contributed by atoms with E-state index in [0.717, 1.165) is 17.9 Å². The first-order chi connectivity index (χ1) is 8.68. The number of nitrogens with zero attached hydrogens (tertiary/aromatic N) is 2. The SMILES string of the molecule is CC1CCCC(C)C1N(C)CCN1CCNCC1. The molecule has 1 saturated heterocycles. The maximum Gasteiger partial charge on any atom is 0.0144 e. The molecule has 0 bridgehead atoms. The third kappa shape index (κ3) is 3.69. The lowest BCUT2D eigenvalue weighted by Crippen LogP contribution is -2.49. The summed E-state index contributed by atoms with van der Waals surface area (Å²) in [5, 5.41) is 3.42. The van der Waals surface area contributed by atoms with Gasteiger partial charge in [-0.2, -0.15) is 0 Å². The predicted molar refractivity (Wildman–Crippen MR) is 77.9 cm³/mol. The van der Waals surface area contributed by atoms with Crippen molar-refractivity contribution in [2.75, 3.05) is 46.3 Å². The zero-order chi connectivity index (χ0) is 13.0. The Morgan fingerprint density at radius 1 is 1.11 bits per heavy atom. The smallest absolute Gasteiger partial charge is 0.0144 e. The average molecular weight is 253 g/mol. The Bertz CT molecular complexity index is 228. The van der Waals surface area contributed by atoms with Crippen LogP contribution < -0.4 is 5.32 Å². The topological polar surface area (TPSA) is 18.5 Å². The summed E-state index contributed by atoms with van der Waals surface area (Å²) in [5.74, 6) is 1.75. The van der Waals surface area contributed by atoms with Crippen molar-refractivity contribution in [1.82, 2.24) is 15.1 Å². The van der Waals surface area contributed by atoms with Gasteiger partial charge in [0.05, 0.1) is 0 Å². The zero-order valence-corrected chi connectivity index (χ0v) is 12.5. The third-order valence-corrected chi connectivity index (χ3v) is 4.97. The molecule has 1 heterocycles. The highest BCUT2D eigenvalue weighted by molar-refractivity contribution is 4.84. The van der Waals surface area contributed by atoms with Crippen LogP contribution in [-0.4, -0.2) is 62.2 Å². The largest absolute Gasteiger partial charge is 0.314 e. The Kier molecular flexibility index (Phi) is 5.46. The molecular formula is C15H31N3. The minimum absolute atomic E-state index is 0.807. The number of hydrogen-bond acceptors (Lipinski definition) is 3. The van der Waals surface area contributed by atoms with E-state index in [4.69, 9.17) is 0 Å². The van der Waals surface area contributed by atoms with Crippen LogP contribution in [0.4, 0.5) is 0 Å². The maximum absolute atomic E-state index is 3.42. The Labute approximate surface area is 113 Å². The molecule has 3 nitrogen and oxygen atoms in total. The van der Waals surface area contributed by atoms with Gasteiger partial charge >= 0.3 is 0 Å². The number of hydrogen-bond donors (Lipinski definition) is 1. The second kappa shape index (κ2) is 6.88. The summed E-state index contributed by atoms with van der Waals surface area (Å²) in [4.78, 5) is 5.24. The minimum Gasteiger partial charge on any atom is -0.314 e. The summed E-state index contributed by atoms with van der Waals surface area (Å²) in [6, 6.07) is 0.807. The van der Waals surface area contributed by atoms with Crippen LogP contribution in [0.2, 0.25) is 0 Å². The fourth-order valence-corrected chi connectivity index (χ4v) is 3.92. The Balaban J connectivity index is 1.76. The molecule has 1 N–H and O–H groups in total. The van der Waals surface area contributed by atoms with Crippen molar-refractivity contribution in [2.24, 2.45) is 11.8 Å². The van der Waals surface area contributed by atoms with E-state index in [1.807, 2.05) is 0 Å². The molecule has 0 radical (unpaired) electrons. The Morgan fingerprint density at radius 3 is 2.33 bits per heavy atom. The summed E-state index contributed by atoms with van der Waals surface area (Å²) < 4.78 is 0. The van der Waals surface area contributed by atoms with E-state index in [1.54, 1.807) is 0 Å². The molecule has 2 fully saturated rings. The molecule has 0 aromatic carbocycles. The number of piperazine rings is 1. The highest BCUT2D eigenvalue weighted by atomic mass is 15.2. The van der Waals surface area contributed by atoms with Crippen molar-refractivity contribution in [3.05, 3.63) is 0 Å². The number of likely N-dealkylation sites (N-methyl/N-ethyl adjacent to an activating group) is 1. The summed E-state index contributed by atoms with van der Waals surface area (Å²) in [7, 11) is 2.34. The fraction of sp³-hybridized carbons (Fsp3) is 1.00. The maximum atomic E-state index is 3.42. The van der Waals surface area contributed by atoms with Crippen molar-refractivity contribution >= 4 is 0 Å². The number of nitrogens with one attached hydrogen (secondary N) is 1. The van der Waals surface area contributed by atoms with Crippen LogP contribution in [0.15, 0.2) is 0 Å². The van der Waals surface area contributed by atoms with Gasteiger partial charge in [-0.15, -0.1) is 0 Å². The molecule has 106 valence electrons. The molecule has 2 atom stereocenters. The van der Waals surface area contributed by atoms with Crippen LogP contribution in [0.25, 0.3) is 0 Å². The van der Waals surface area contributed by atoms with Gasteiger partial charge < -0.3 is 10.2 Å². The zero-order valence-electron chi connectivity index (χ0n) is 12.5. The second-order valence-electron chi connectivity index (χ2n) is 6.45. The van der Waals surface area contributed by atoms with E-state index in [2.05, 4.69) is 36.0 Å². The standard InChI is InChI=1S/C15H31N3/c1-13-5-4-6-14(2)15(13)17(3)11-12-18-9-7-16-8-10-18/h13-16H,4-12H2,1-3H3. The van der Waals surface area contributed by atoms with Gasteiger partial charge in [0.25, 0.3) is 0 Å². The molecule has 0 amide bonds. The lowest BCUT2D eigenvalue weighted by Gasteiger charge is -2.41. The molecule has 2 unspecified atom stereocenters. The van der Waals surface area contributed by atoms with Gasteiger partial charge in [0.1, 0.15) is 0 Å². The van der Waals surface area contributed by atoms with Gasteiger partial charge in [-0.3, -0.25) is 4.90 Å². The van der Waals surface area contributed by atoms with Gasteiger partial charge in [-0.25, -0.2) is 0 Å². The summed E-state index contributed by atoms with van der Waals surface area (Å²) in [6.45, 7) is 12.2. The van der Waals surface area contributed by atoms with Crippen LogP contribution in [-0.2, 0) is 0 Å². The molecule has 3 heteroatoms. The Hall–Kier alpha value is -0.120. The molecule has 1 saturated carbocycles. The van der Waals surface area contributed by atoms with Gasteiger partial charge in [0, 0.05) is 45.3 Å². The van der Waals surface area contributed by atoms with Gasteiger partial charge in [0.2, 0.25) is 0 Å². The molecular weight excluding hydrogens is 222 g/mol. The summed E-state index contributed by atoms with van der Waals surface area (Å²) >= 11 is 0. The van der Waals surface area contributed by atoms with Crippen molar-refractivity contribution in [3.63, 3.8) is 0 Å². The number of rotatable bonds is 4. The predicted octanol–water partition coefficient (Wildman–Crippen LogP) is 1.65. The molecule has 18 heavy (non-hydrogen) atoms. The molecule has 0 spiro atoms. The third-order valence-electron chi connectivity index (χ3n) is 4.97. The lowest BCUT2D eigenvalue weighted by atomic mass is 9.78. The van der Waals surface area contributed by atoms with E-state index < -0.39 is 0 Å². The van der Waals surface area contributed by atoms with Crippen molar-refractivity contribution in [3.8, 4) is 0 Å². The van der Waals surface area contributed by atoms with Crippen LogP contribution >= 0.6 is 0 Å². The summed E-state index contributed by atoms with van der Waals surface area (Å²) in [6.07, 6.45) is 4.28. The van der Waals surface area contributed by atoms with Crippen LogP contribution in [0, 0.1) is 11.8 Å². The van der Waals surface area contributed by atoms with E-state index in [1.165, 1.54) is 58.5 Å². The molecule has 2 aliphatic rings. The fourth-order valence-electron chi connectivity index (χ4n) is 3.92. The molecule has 0 aromatic rings. The van der Waals surface area contributed by atoms with Crippen molar-refractivity contribution in [2.45, 2.75) is 39.2 Å². The quantitative estimate of drug-likeness (QED) is 0.822. The normalized spacial score (nSPS) is 35.0. The van der Waals surface area contributed by atoms with E-state index in [-0.39, 0.29) is 0 Å². The van der Waals surface area contributed by atoms with Gasteiger partial charge in [-0.05, 0) is 31.7 Å². The molecule has 2 rings (SSSR count). The monoisotopic (exact) mass is 253 g/mol. The van der Waals surface area contributed by atoms with Crippen LogP contribution in [0.1, 0.15) is 33.1 Å². The van der Waals surface area contributed by atoms with Crippen molar-refractivity contribution < 1.29 is 0 Å². The second-order valence-corrected chi connectivity index (χ2v) is 6.45. The highest BCUT2D eigenvalue weighted by Crippen LogP contribution is 2.31. The first-order valence-electron chi connectivity index (χ1n) is 7.82. The van der Waals surface area contributed by atoms with E-state index >= 15 is 0 Å². The van der Waals surface area contributed by atoms with Crippen LogP contribution in [0.3, 0.4) is 0 Å². The minimum atomic E-state index is 0.807. The summed E-state index contributed by atoms with van der Waals surface area (Å²) in [5.41, 5.74) is 0.